The molecule has 0 aliphatic heterocycles. The van der Waals surface area contributed by atoms with Gasteiger partial charge in [0.25, 0.3) is 0 Å². The third-order valence-corrected chi connectivity index (χ3v) is 4.07. The summed E-state index contributed by atoms with van der Waals surface area (Å²) in [6.45, 7) is 0. The quantitative estimate of drug-likeness (QED) is 0.832. The SMILES string of the molecule is COc1cc([C@@H](N)[C@@H](O)C2CCC2)cc(OC)c1OC. The number of benzene rings is 1. The molecule has 5 nitrogen and oxygen atoms in total. The summed E-state index contributed by atoms with van der Waals surface area (Å²) >= 11 is 0. The Hall–Kier alpha value is -1.46. The molecule has 0 heterocycles. The summed E-state index contributed by atoms with van der Waals surface area (Å²) in [5.41, 5.74) is 6.98. The number of rotatable bonds is 6. The van der Waals surface area contributed by atoms with Crippen LogP contribution in [-0.2, 0) is 0 Å². The van der Waals surface area contributed by atoms with E-state index in [1.54, 1.807) is 33.5 Å². The Morgan fingerprint density at radius 2 is 1.65 bits per heavy atom. The van der Waals surface area contributed by atoms with Gasteiger partial charge in [0.15, 0.2) is 11.5 Å². The zero-order valence-corrected chi connectivity index (χ0v) is 12.3. The lowest BCUT2D eigenvalue weighted by atomic mass is 9.77. The number of aliphatic hydroxyl groups excluding tert-OH is 1. The minimum Gasteiger partial charge on any atom is -0.493 e. The summed E-state index contributed by atoms with van der Waals surface area (Å²) in [7, 11) is 4.69. The molecule has 5 heteroatoms. The average molecular weight is 281 g/mol. The van der Waals surface area contributed by atoms with Gasteiger partial charge in [-0.15, -0.1) is 0 Å². The number of hydrogen-bond donors (Lipinski definition) is 2. The van der Waals surface area contributed by atoms with E-state index in [4.69, 9.17) is 19.9 Å². The molecule has 0 spiro atoms. The molecule has 20 heavy (non-hydrogen) atoms. The van der Waals surface area contributed by atoms with Crippen molar-refractivity contribution in [3.05, 3.63) is 17.7 Å². The van der Waals surface area contributed by atoms with Gasteiger partial charge in [0, 0.05) is 0 Å². The highest BCUT2D eigenvalue weighted by Gasteiger charge is 2.31. The summed E-state index contributed by atoms with van der Waals surface area (Å²) in [5, 5.41) is 10.3. The van der Waals surface area contributed by atoms with Crippen molar-refractivity contribution in [3.8, 4) is 17.2 Å². The molecule has 0 aromatic heterocycles. The molecular weight excluding hydrogens is 258 g/mol. The molecule has 1 fully saturated rings. The van der Waals surface area contributed by atoms with E-state index in [1.165, 1.54) is 6.42 Å². The first kappa shape index (κ1) is 14.9. The second-order valence-electron chi connectivity index (χ2n) is 5.17. The molecule has 1 aromatic rings. The van der Waals surface area contributed by atoms with E-state index in [2.05, 4.69) is 0 Å². The Morgan fingerprint density at radius 3 is 2.00 bits per heavy atom. The van der Waals surface area contributed by atoms with Crippen molar-refractivity contribution in [3.63, 3.8) is 0 Å². The third-order valence-electron chi connectivity index (χ3n) is 4.07. The molecule has 0 radical (unpaired) electrons. The van der Waals surface area contributed by atoms with E-state index in [-0.39, 0.29) is 0 Å². The molecule has 0 bridgehead atoms. The number of hydrogen-bond acceptors (Lipinski definition) is 5. The maximum atomic E-state index is 10.3. The Labute approximate surface area is 119 Å². The van der Waals surface area contributed by atoms with Crippen LogP contribution >= 0.6 is 0 Å². The first-order valence-corrected chi connectivity index (χ1v) is 6.86. The average Bonchev–Trinajstić information content (AvgIpc) is 2.42. The summed E-state index contributed by atoms with van der Waals surface area (Å²) in [5.74, 6) is 1.93. The van der Waals surface area contributed by atoms with Gasteiger partial charge in [-0.2, -0.15) is 0 Å². The highest BCUT2D eigenvalue weighted by atomic mass is 16.5. The largest absolute Gasteiger partial charge is 0.493 e. The van der Waals surface area contributed by atoms with Crippen LogP contribution in [0.2, 0.25) is 0 Å². The van der Waals surface area contributed by atoms with E-state index >= 15 is 0 Å². The van der Waals surface area contributed by atoms with Gasteiger partial charge in [0.2, 0.25) is 5.75 Å². The van der Waals surface area contributed by atoms with Gasteiger partial charge < -0.3 is 25.1 Å². The minimum atomic E-state index is -0.536. The smallest absolute Gasteiger partial charge is 0.203 e. The fourth-order valence-corrected chi connectivity index (χ4v) is 2.57. The van der Waals surface area contributed by atoms with Crippen molar-refractivity contribution in [2.75, 3.05) is 21.3 Å². The van der Waals surface area contributed by atoms with E-state index < -0.39 is 12.1 Å². The fourth-order valence-electron chi connectivity index (χ4n) is 2.57. The Bertz CT molecular complexity index is 434. The van der Waals surface area contributed by atoms with Gasteiger partial charge >= 0.3 is 0 Å². The zero-order chi connectivity index (χ0) is 14.7. The molecule has 1 saturated carbocycles. The molecular formula is C15H23NO4. The molecule has 3 N–H and O–H groups in total. The normalized spacial score (nSPS) is 18.1. The van der Waals surface area contributed by atoms with Crippen LogP contribution in [-0.4, -0.2) is 32.5 Å². The lowest BCUT2D eigenvalue weighted by Crippen LogP contribution is -2.36. The van der Waals surface area contributed by atoms with Gasteiger partial charge in [0.05, 0.1) is 33.5 Å². The van der Waals surface area contributed by atoms with Crippen molar-refractivity contribution >= 4 is 0 Å². The van der Waals surface area contributed by atoms with Crippen molar-refractivity contribution in [2.24, 2.45) is 11.7 Å². The molecule has 112 valence electrons. The van der Waals surface area contributed by atoms with Crippen LogP contribution in [0, 0.1) is 5.92 Å². The van der Waals surface area contributed by atoms with Crippen LogP contribution < -0.4 is 19.9 Å². The van der Waals surface area contributed by atoms with Crippen molar-refractivity contribution in [1.29, 1.82) is 0 Å². The molecule has 0 unspecified atom stereocenters. The standard InChI is InChI=1S/C15H23NO4/c1-18-11-7-10(8-12(19-2)15(11)20-3)13(16)14(17)9-5-4-6-9/h7-9,13-14,17H,4-6,16H2,1-3H3/t13-,14+/m1/s1. The second kappa shape index (κ2) is 6.33. The first-order chi connectivity index (χ1) is 9.62. The predicted octanol–water partition coefficient (Wildman–Crippen LogP) is 1.87. The maximum absolute atomic E-state index is 10.3. The highest BCUT2D eigenvalue weighted by Crippen LogP contribution is 2.41. The van der Waals surface area contributed by atoms with Crippen LogP contribution in [0.4, 0.5) is 0 Å². The summed E-state index contributed by atoms with van der Waals surface area (Å²) in [4.78, 5) is 0. The first-order valence-electron chi connectivity index (χ1n) is 6.86. The van der Waals surface area contributed by atoms with E-state index in [9.17, 15) is 5.11 Å². The number of methoxy groups -OCH3 is 3. The fraction of sp³-hybridized carbons (Fsp3) is 0.600. The van der Waals surface area contributed by atoms with Crippen molar-refractivity contribution in [2.45, 2.75) is 31.4 Å². The minimum absolute atomic E-state index is 0.295. The summed E-state index contributed by atoms with van der Waals surface area (Å²) in [6.07, 6.45) is 2.72. The molecule has 1 aromatic carbocycles. The molecule has 1 aliphatic carbocycles. The molecule has 0 amide bonds. The maximum Gasteiger partial charge on any atom is 0.203 e. The topological polar surface area (TPSA) is 73.9 Å². The molecule has 2 rings (SSSR count). The van der Waals surface area contributed by atoms with Gasteiger partial charge in [-0.3, -0.25) is 0 Å². The van der Waals surface area contributed by atoms with Crippen LogP contribution in [0.25, 0.3) is 0 Å². The van der Waals surface area contributed by atoms with Crippen LogP contribution in [0.5, 0.6) is 17.2 Å². The molecule has 1 aliphatic rings. The van der Waals surface area contributed by atoms with Crippen molar-refractivity contribution < 1.29 is 19.3 Å². The number of nitrogens with two attached hydrogens (primary N) is 1. The van der Waals surface area contributed by atoms with Gasteiger partial charge in [0.1, 0.15) is 0 Å². The Morgan fingerprint density at radius 1 is 1.10 bits per heavy atom. The number of ether oxygens (including phenoxy) is 3. The Kier molecular flexibility index (Phi) is 4.73. The van der Waals surface area contributed by atoms with Gasteiger partial charge in [-0.05, 0) is 36.5 Å². The van der Waals surface area contributed by atoms with Crippen LogP contribution in [0.1, 0.15) is 30.9 Å². The van der Waals surface area contributed by atoms with Gasteiger partial charge in [-0.1, -0.05) is 6.42 Å². The third kappa shape index (κ3) is 2.69. The van der Waals surface area contributed by atoms with E-state index in [0.29, 0.717) is 23.2 Å². The number of aliphatic hydroxyl groups is 1. The second-order valence-corrected chi connectivity index (χ2v) is 5.17. The summed E-state index contributed by atoms with van der Waals surface area (Å²) in [6, 6.07) is 3.15. The predicted molar refractivity (Wildman–Crippen MR) is 76.4 cm³/mol. The van der Waals surface area contributed by atoms with E-state index in [1.807, 2.05) is 0 Å². The zero-order valence-electron chi connectivity index (χ0n) is 12.3. The van der Waals surface area contributed by atoms with Crippen LogP contribution in [0.3, 0.4) is 0 Å². The monoisotopic (exact) mass is 281 g/mol. The highest BCUT2D eigenvalue weighted by molar-refractivity contribution is 5.54. The molecule has 0 saturated heterocycles. The molecule has 2 atom stereocenters. The van der Waals surface area contributed by atoms with Crippen molar-refractivity contribution in [1.82, 2.24) is 0 Å². The lowest BCUT2D eigenvalue weighted by molar-refractivity contribution is 0.0412. The lowest BCUT2D eigenvalue weighted by Gasteiger charge is -2.34. The van der Waals surface area contributed by atoms with Gasteiger partial charge in [-0.25, -0.2) is 0 Å². The summed E-state index contributed by atoms with van der Waals surface area (Å²) < 4.78 is 15.9. The van der Waals surface area contributed by atoms with Crippen LogP contribution in [0.15, 0.2) is 12.1 Å². The van der Waals surface area contributed by atoms with E-state index in [0.717, 1.165) is 18.4 Å². The Balaban J connectivity index is 2.30.